The molecule has 0 aliphatic carbocycles. The fourth-order valence-electron chi connectivity index (χ4n) is 5.19. The molecule has 3 aliphatic heterocycles. The lowest BCUT2D eigenvalue weighted by Gasteiger charge is -2.45. The second-order valence-corrected chi connectivity index (χ2v) is 8.91. The van der Waals surface area contributed by atoms with Crippen molar-refractivity contribution in [3.63, 3.8) is 0 Å². The van der Waals surface area contributed by atoms with Crippen LogP contribution in [0.2, 0.25) is 0 Å². The van der Waals surface area contributed by atoms with E-state index >= 15 is 0 Å². The van der Waals surface area contributed by atoms with Gasteiger partial charge in [0.1, 0.15) is 5.82 Å². The van der Waals surface area contributed by atoms with Crippen molar-refractivity contribution in [1.82, 2.24) is 9.80 Å². The molecule has 0 unspecified atom stereocenters. The second-order valence-electron chi connectivity index (χ2n) is 8.91. The van der Waals surface area contributed by atoms with Crippen LogP contribution in [0.4, 0.5) is 10.1 Å². The quantitative estimate of drug-likeness (QED) is 0.738. The molecule has 5 rings (SSSR count). The van der Waals surface area contributed by atoms with Crippen LogP contribution in [-0.2, 0) is 16.1 Å². The van der Waals surface area contributed by atoms with E-state index in [1.807, 2.05) is 34.1 Å². The number of anilines is 1. The van der Waals surface area contributed by atoms with Gasteiger partial charge in [0.05, 0.1) is 12.0 Å². The van der Waals surface area contributed by atoms with Crippen LogP contribution >= 0.6 is 0 Å². The molecule has 0 atom stereocenters. The first-order valence-electron chi connectivity index (χ1n) is 11.3. The van der Waals surface area contributed by atoms with Gasteiger partial charge in [0.15, 0.2) is 0 Å². The predicted molar refractivity (Wildman–Crippen MR) is 119 cm³/mol. The molecule has 0 bridgehead atoms. The third-order valence-electron chi connectivity index (χ3n) is 7.12. The fourth-order valence-corrected chi connectivity index (χ4v) is 5.19. The van der Waals surface area contributed by atoms with E-state index in [0.717, 1.165) is 16.8 Å². The monoisotopic (exact) mass is 437 g/mol. The summed E-state index contributed by atoms with van der Waals surface area (Å²) in [5.41, 5.74) is 2.25. The van der Waals surface area contributed by atoms with E-state index in [-0.39, 0.29) is 17.6 Å². The number of amides is 2. The zero-order valence-electron chi connectivity index (χ0n) is 18.1. The van der Waals surface area contributed by atoms with Crippen molar-refractivity contribution in [3.8, 4) is 0 Å². The predicted octanol–water partition coefficient (Wildman–Crippen LogP) is 3.07. The van der Waals surface area contributed by atoms with Gasteiger partial charge in [-0.3, -0.25) is 9.59 Å². The van der Waals surface area contributed by atoms with Crippen LogP contribution in [0.3, 0.4) is 0 Å². The van der Waals surface area contributed by atoms with Crippen molar-refractivity contribution < 1.29 is 18.7 Å². The fraction of sp³-hybridized carbons (Fsp3) is 0.440. The summed E-state index contributed by atoms with van der Waals surface area (Å²) in [7, 11) is 0. The molecule has 2 amide bonds. The van der Waals surface area contributed by atoms with Gasteiger partial charge in [-0.15, -0.1) is 0 Å². The number of carbonyl (C=O) groups excluding carboxylic acids is 2. The second kappa shape index (κ2) is 8.54. The molecule has 3 heterocycles. The van der Waals surface area contributed by atoms with Gasteiger partial charge in [0.25, 0.3) is 5.91 Å². The standard InChI is InChI=1S/C25H28FN3O3/c26-20-5-7-21(8-6-20)27-11-13-28(14-12-27)23(30)17-25(9-15-32-16-10-25)29-18-19-3-1-2-4-22(19)24(29)31/h1-8H,9-18H2. The molecule has 168 valence electrons. The molecule has 7 heteroatoms. The highest BCUT2D eigenvalue weighted by Gasteiger charge is 2.46. The smallest absolute Gasteiger partial charge is 0.254 e. The topological polar surface area (TPSA) is 53.1 Å². The Bertz CT molecular complexity index is 996. The summed E-state index contributed by atoms with van der Waals surface area (Å²) < 4.78 is 18.8. The summed E-state index contributed by atoms with van der Waals surface area (Å²) in [6, 6.07) is 14.2. The minimum Gasteiger partial charge on any atom is -0.381 e. The van der Waals surface area contributed by atoms with Crippen LogP contribution in [0.5, 0.6) is 0 Å². The lowest BCUT2D eigenvalue weighted by Crippen LogP contribution is -2.56. The van der Waals surface area contributed by atoms with Crippen LogP contribution in [0.25, 0.3) is 0 Å². The van der Waals surface area contributed by atoms with Crippen LogP contribution < -0.4 is 4.90 Å². The Morgan fingerprint density at radius 3 is 2.34 bits per heavy atom. The summed E-state index contributed by atoms with van der Waals surface area (Å²) in [6.07, 6.45) is 1.68. The normalized spacial score (nSPS) is 20.4. The Hall–Kier alpha value is -2.93. The molecule has 0 saturated carbocycles. The minimum atomic E-state index is -0.500. The molecule has 0 aromatic heterocycles. The Morgan fingerprint density at radius 2 is 1.66 bits per heavy atom. The molecule has 32 heavy (non-hydrogen) atoms. The lowest BCUT2D eigenvalue weighted by atomic mass is 9.84. The highest BCUT2D eigenvalue weighted by Crippen LogP contribution is 2.38. The maximum Gasteiger partial charge on any atom is 0.254 e. The number of benzene rings is 2. The van der Waals surface area contributed by atoms with Crippen molar-refractivity contribution in [3.05, 3.63) is 65.5 Å². The Labute approximate surface area is 187 Å². The number of hydrogen-bond donors (Lipinski definition) is 0. The third kappa shape index (κ3) is 3.86. The first kappa shape index (κ1) is 20.9. The van der Waals surface area contributed by atoms with Gasteiger partial charge >= 0.3 is 0 Å². The lowest BCUT2D eigenvalue weighted by molar-refractivity contribution is -0.136. The van der Waals surface area contributed by atoms with E-state index in [4.69, 9.17) is 4.74 Å². The Kier molecular flexibility index (Phi) is 5.59. The Morgan fingerprint density at radius 1 is 0.969 bits per heavy atom. The van der Waals surface area contributed by atoms with Gasteiger partial charge in [-0.2, -0.15) is 0 Å². The highest BCUT2D eigenvalue weighted by molar-refractivity contribution is 5.99. The molecule has 0 spiro atoms. The van der Waals surface area contributed by atoms with Gasteiger partial charge in [0, 0.05) is 57.2 Å². The van der Waals surface area contributed by atoms with Crippen LogP contribution in [0.1, 0.15) is 35.2 Å². The van der Waals surface area contributed by atoms with Crippen LogP contribution in [0.15, 0.2) is 48.5 Å². The highest BCUT2D eigenvalue weighted by atomic mass is 19.1. The first-order chi connectivity index (χ1) is 15.6. The number of fused-ring (bicyclic) bond motifs is 1. The van der Waals surface area contributed by atoms with Crippen molar-refractivity contribution >= 4 is 17.5 Å². The summed E-state index contributed by atoms with van der Waals surface area (Å²) in [5, 5.41) is 0. The molecule has 0 radical (unpaired) electrons. The van der Waals surface area contributed by atoms with Gasteiger partial charge < -0.3 is 19.4 Å². The SMILES string of the molecule is O=C(CC1(N2Cc3ccccc3C2=O)CCOCC1)N1CCN(c2ccc(F)cc2)CC1. The largest absolute Gasteiger partial charge is 0.381 e. The maximum atomic E-state index is 13.4. The summed E-state index contributed by atoms with van der Waals surface area (Å²) in [5.74, 6) is -0.131. The van der Waals surface area contributed by atoms with Crippen LogP contribution in [0, 0.1) is 5.82 Å². The van der Waals surface area contributed by atoms with Gasteiger partial charge in [-0.05, 0) is 48.7 Å². The van der Waals surface area contributed by atoms with E-state index in [2.05, 4.69) is 4.90 Å². The van der Waals surface area contributed by atoms with Crippen molar-refractivity contribution in [2.24, 2.45) is 0 Å². The zero-order chi connectivity index (χ0) is 22.1. The Balaban J connectivity index is 1.27. The van der Waals surface area contributed by atoms with E-state index in [1.54, 1.807) is 12.1 Å². The van der Waals surface area contributed by atoms with Gasteiger partial charge in [-0.1, -0.05) is 18.2 Å². The van der Waals surface area contributed by atoms with Crippen molar-refractivity contribution in [1.29, 1.82) is 0 Å². The van der Waals surface area contributed by atoms with Gasteiger partial charge in [0.2, 0.25) is 5.91 Å². The summed E-state index contributed by atoms with van der Waals surface area (Å²) in [4.78, 5) is 32.6. The molecular formula is C25H28FN3O3. The van der Waals surface area contributed by atoms with E-state index in [9.17, 15) is 14.0 Å². The third-order valence-corrected chi connectivity index (χ3v) is 7.12. The average Bonchev–Trinajstić information content (AvgIpc) is 3.18. The number of halogens is 1. The van der Waals surface area contributed by atoms with E-state index < -0.39 is 5.54 Å². The molecule has 2 aromatic rings. The summed E-state index contributed by atoms with van der Waals surface area (Å²) in [6.45, 7) is 4.34. The number of carbonyl (C=O) groups is 2. The van der Waals surface area contributed by atoms with Gasteiger partial charge in [-0.25, -0.2) is 4.39 Å². The minimum absolute atomic E-state index is 0.0245. The maximum absolute atomic E-state index is 13.4. The van der Waals surface area contributed by atoms with E-state index in [1.165, 1.54) is 12.1 Å². The zero-order valence-corrected chi connectivity index (χ0v) is 18.1. The van der Waals surface area contributed by atoms with Crippen LogP contribution in [-0.4, -0.2) is 66.5 Å². The van der Waals surface area contributed by atoms with E-state index in [0.29, 0.717) is 65.2 Å². The van der Waals surface area contributed by atoms with Crippen molar-refractivity contribution in [2.45, 2.75) is 31.3 Å². The van der Waals surface area contributed by atoms with Crippen molar-refractivity contribution in [2.75, 3.05) is 44.3 Å². The number of ether oxygens (including phenoxy) is 1. The molecule has 2 saturated heterocycles. The first-order valence-corrected chi connectivity index (χ1v) is 11.3. The number of hydrogen-bond acceptors (Lipinski definition) is 4. The number of piperazine rings is 1. The summed E-state index contributed by atoms with van der Waals surface area (Å²) >= 11 is 0. The molecule has 0 N–H and O–H groups in total. The molecular weight excluding hydrogens is 409 g/mol. The molecule has 3 aliphatic rings. The molecule has 6 nitrogen and oxygen atoms in total. The number of rotatable bonds is 4. The molecule has 2 fully saturated rings. The molecule has 2 aromatic carbocycles. The number of nitrogens with zero attached hydrogens (tertiary/aromatic N) is 3. The average molecular weight is 438 g/mol.